The van der Waals surface area contributed by atoms with E-state index in [1.54, 1.807) is 0 Å². The number of hydrogen-bond donors (Lipinski definition) is 0. The Hall–Kier alpha value is -0.260. The van der Waals surface area contributed by atoms with Crippen molar-refractivity contribution >= 4 is 0 Å². The van der Waals surface area contributed by atoms with E-state index in [4.69, 9.17) is 0 Å². The number of rotatable bonds is 7. The molecule has 1 aliphatic rings. The molecule has 1 rings (SSSR count). The SMILES string of the molecule is CCCCCCCCC1C=CCCC1. The standard InChI is InChI=1S/C14H26/c1-2-3-4-5-6-8-11-14-12-9-7-10-13-14/h9,12,14H,2-8,10-11,13H2,1H3. The van der Waals surface area contributed by atoms with Crippen molar-refractivity contribution in [1.82, 2.24) is 0 Å². The Labute approximate surface area is 89.8 Å². The fraction of sp³-hybridized carbons (Fsp3) is 0.857. The van der Waals surface area contributed by atoms with Gasteiger partial charge in [-0.1, -0.05) is 57.6 Å². The molecule has 0 aromatic rings. The molecule has 0 aromatic heterocycles. The van der Waals surface area contributed by atoms with E-state index in [-0.39, 0.29) is 0 Å². The summed E-state index contributed by atoms with van der Waals surface area (Å²) in [7, 11) is 0. The molecule has 0 heteroatoms. The van der Waals surface area contributed by atoms with E-state index in [0.29, 0.717) is 0 Å². The quantitative estimate of drug-likeness (QED) is 0.391. The van der Waals surface area contributed by atoms with Gasteiger partial charge >= 0.3 is 0 Å². The van der Waals surface area contributed by atoms with Crippen LogP contribution in [0.25, 0.3) is 0 Å². The molecule has 0 bridgehead atoms. The van der Waals surface area contributed by atoms with Gasteiger partial charge in [-0.25, -0.2) is 0 Å². The Bertz CT molecular complexity index is 146. The summed E-state index contributed by atoms with van der Waals surface area (Å²) in [6.07, 6.45) is 19.1. The first-order valence-electron chi connectivity index (χ1n) is 6.60. The molecule has 1 atom stereocenters. The largest absolute Gasteiger partial charge is 0.0883 e. The minimum absolute atomic E-state index is 0.926. The van der Waals surface area contributed by atoms with Gasteiger partial charge in [-0.05, 0) is 31.6 Å². The summed E-state index contributed by atoms with van der Waals surface area (Å²) in [5.74, 6) is 0.926. The van der Waals surface area contributed by atoms with Gasteiger partial charge in [0.25, 0.3) is 0 Å². The molecule has 0 amide bonds. The monoisotopic (exact) mass is 194 g/mol. The first-order valence-corrected chi connectivity index (χ1v) is 6.60. The van der Waals surface area contributed by atoms with Crippen molar-refractivity contribution < 1.29 is 0 Å². The third-order valence-electron chi connectivity index (χ3n) is 3.28. The molecule has 0 fully saturated rings. The predicted octanol–water partition coefficient (Wildman–Crippen LogP) is 5.09. The second-order valence-electron chi connectivity index (χ2n) is 4.68. The lowest BCUT2D eigenvalue weighted by Gasteiger charge is -2.15. The van der Waals surface area contributed by atoms with Crippen molar-refractivity contribution in [2.24, 2.45) is 5.92 Å². The topological polar surface area (TPSA) is 0 Å². The molecule has 0 radical (unpaired) electrons. The summed E-state index contributed by atoms with van der Waals surface area (Å²) < 4.78 is 0. The predicted molar refractivity (Wildman–Crippen MR) is 64.5 cm³/mol. The van der Waals surface area contributed by atoms with E-state index >= 15 is 0 Å². The third-order valence-corrected chi connectivity index (χ3v) is 3.28. The van der Waals surface area contributed by atoms with Crippen molar-refractivity contribution in [2.45, 2.75) is 71.1 Å². The van der Waals surface area contributed by atoms with Crippen LogP contribution in [0.5, 0.6) is 0 Å². The molecule has 82 valence electrons. The van der Waals surface area contributed by atoms with Crippen LogP contribution >= 0.6 is 0 Å². The zero-order valence-corrected chi connectivity index (χ0v) is 9.80. The summed E-state index contributed by atoms with van der Waals surface area (Å²) in [6.45, 7) is 2.28. The van der Waals surface area contributed by atoms with Gasteiger partial charge in [0, 0.05) is 0 Å². The first-order chi connectivity index (χ1) is 6.93. The summed E-state index contributed by atoms with van der Waals surface area (Å²) in [5.41, 5.74) is 0. The van der Waals surface area contributed by atoms with Crippen LogP contribution in [0.4, 0.5) is 0 Å². The van der Waals surface area contributed by atoms with Crippen LogP contribution in [0.15, 0.2) is 12.2 Å². The Balaban J connectivity index is 1.88. The van der Waals surface area contributed by atoms with Gasteiger partial charge in [-0.3, -0.25) is 0 Å². The van der Waals surface area contributed by atoms with Crippen LogP contribution in [-0.2, 0) is 0 Å². The lowest BCUT2D eigenvalue weighted by atomic mass is 9.91. The Morgan fingerprint density at radius 2 is 1.86 bits per heavy atom. The summed E-state index contributed by atoms with van der Waals surface area (Å²) in [5, 5.41) is 0. The van der Waals surface area contributed by atoms with Gasteiger partial charge in [-0.15, -0.1) is 0 Å². The minimum Gasteiger partial charge on any atom is -0.0883 e. The molecule has 0 heterocycles. The van der Waals surface area contributed by atoms with Crippen LogP contribution in [-0.4, -0.2) is 0 Å². The molecule has 0 saturated carbocycles. The second-order valence-corrected chi connectivity index (χ2v) is 4.68. The molecular weight excluding hydrogens is 168 g/mol. The number of allylic oxidation sites excluding steroid dienone is 2. The van der Waals surface area contributed by atoms with Crippen LogP contribution < -0.4 is 0 Å². The minimum atomic E-state index is 0.926. The van der Waals surface area contributed by atoms with Crippen LogP contribution in [0.1, 0.15) is 71.1 Å². The van der Waals surface area contributed by atoms with Crippen LogP contribution in [0, 0.1) is 5.92 Å². The lowest BCUT2D eigenvalue weighted by Crippen LogP contribution is -2.00. The van der Waals surface area contributed by atoms with E-state index in [0.717, 1.165) is 5.92 Å². The van der Waals surface area contributed by atoms with Gasteiger partial charge in [0.15, 0.2) is 0 Å². The van der Waals surface area contributed by atoms with Crippen molar-refractivity contribution in [3.05, 3.63) is 12.2 Å². The molecular formula is C14H26. The normalized spacial score (nSPS) is 21.4. The highest BCUT2D eigenvalue weighted by Crippen LogP contribution is 2.22. The Morgan fingerprint density at radius 3 is 2.57 bits per heavy atom. The molecule has 1 aliphatic carbocycles. The van der Waals surface area contributed by atoms with Gasteiger partial charge in [0.05, 0.1) is 0 Å². The number of unbranched alkanes of at least 4 members (excludes halogenated alkanes) is 5. The first kappa shape index (κ1) is 11.8. The van der Waals surface area contributed by atoms with E-state index < -0.39 is 0 Å². The van der Waals surface area contributed by atoms with Crippen LogP contribution in [0.3, 0.4) is 0 Å². The smallest absolute Gasteiger partial charge is 0.0233 e. The summed E-state index contributed by atoms with van der Waals surface area (Å²) in [4.78, 5) is 0. The molecule has 0 saturated heterocycles. The van der Waals surface area contributed by atoms with Gasteiger partial charge in [-0.2, -0.15) is 0 Å². The molecule has 14 heavy (non-hydrogen) atoms. The van der Waals surface area contributed by atoms with E-state index in [9.17, 15) is 0 Å². The Morgan fingerprint density at radius 1 is 1.07 bits per heavy atom. The van der Waals surface area contributed by atoms with Gasteiger partial charge < -0.3 is 0 Å². The summed E-state index contributed by atoms with van der Waals surface area (Å²) >= 11 is 0. The molecule has 0 aromatic carbocycles. The van der Waals surface area contributed by atoms with E-state index in [1.165, 1.54) is 64.2 Å². The fourth-order valence-corrected chi connectivity index (χ4v) is 2.31. The Kier molecular flexibility index (Phi) is 6.82. The highest BCUT2D eigenvalue weighted by atomic mass is 14.1. The van der Waals surface area contributed by atoms with Crippen molar-refractivity contribution in [2.75, 3.05) is 0 Å². The molecule has 1 unspecified atom stereocenters. The van der Waals surface area contributed by atoms with Gasteiger partial charge in [0.2, 0.25) is 0 Å². The average Bonchev–Trinajstić information content (AvgIpc) is 2.25. The van der Waals surface area contributed by atoms with Crippen molar-refractivity contribution in [3.63, 3.8) is 0 Å². The fourth-order valence-electron chi connectivity index (χ4n) is 2.31. The molecule has 0 aliphatic heterocycles. The third kappa shape index (κ3) is 5.47. The second kappa shape index (κ2) is 8.08. The van der Waals surface area contributed by atoms with Crippen molar-refractivity contribution in [3.8, 4) is 0 Å². The maximum atomic E-state index is 2.45. The zero-order valence-electron chi connectivity index (χ0n) is 9.80. The molecule has 0 N–H and O–H groups in total. The summed E-state index contributed by atoms with van der Waals surface area (Å²) in [6, 6.07) is 0. The van der Waals surface area contributed by atoms with E-state index in [1.807, 2.05) is 0 Å². The van der Waals surface area contributed by atoms with Gasteiger partial charge in [0.1, 0.15) is 0 Å². The molecule has 0 nitrogen and oxygen atoms in total. The van der Waals surface area contributed by atoms with Crippen LogP contribution in [0.2, 0.25) is 0 Å². The zero-order chi connectivity index (χ0) is 10.1. The van der Waals surface area contributed by atoms with E-state index in [2.05, 4.69) is 19.1 Å². The maximum absolute atomic E-state index is 2.45. The highest BCUT2D eigenvalue weighted by molar-refractivity contribution is 4.92. The average molecular weight is 194 g/mol. The number of hydrogen-bond acceptors (Lipinski definition) is 0. The maximum Gasteiger partial charge on any atom is -0.0233 e. The van der Waals surface area contributed by atoms with Crippen molar-refractivity contribution in [1.29, 1.82) is 0 Å². The highest BCUT2D eigenvalue weighted by Gasteiger charge is 2.06. The molecule has 0 spiro atoms. The lowest BCUT2D eigenvalue weighted by molar-refractivity contribution is 0.469.